The number of nitrogen functional groups attached to an aromatic ring is 1. The number of hydrogen-bond acceptors (Lipinski definition) is 9. The minimum atomic E-state index is -0.809. The summed E-state index contributed by atoms with van der Waals surface area (Å²) >= 11 is 0. The number of benzene rings is 1. The molecule has 3 N–H and O–H groups in total. The van der Waals surface area contributed by atoms with Crippen molar-refractivity contribution in [3.63, 3.8) is 0 Å². The second kappa shape index (κ2) is 10.4. The van der Waals surface area contributed by atoms with Gasteiger partial charge in [-0.2, -0.15) is 5.26 Å². The van der Waals surface area contributed by atoms with Gasteiger partial charge in [0.05, 0.1) is 23.3 Å². The van der Waals surface area contributed by atoms with Crippen molar-refractivity contribution >= 4 is 11.7 Å². The van der Waals surface area contributed by atoms with Gasteiger partial charge in [-0.3, -0.25) is 9.80 Å². The van der Waals surface area contributed by atoms with Crippen LogP contribution in [0.3, 0.4) is 0 Å². The van der Waals surface area contributed by atoms with Gasteiger partial charge in [0.1, 0.15) is 30.6 Å². The molecule has 1 spiro atoms. The molecule has 5 aliphatic heterocycles. The maximum atomic E-state index is 14.5. The van der Waals surface area contributed by atoms with E-state index in [0.717, 1.165) is 67.6 Å². The number of nitrogens with one attached hydrogen (secondary N) is 1. The topological polar surface area (TPSA) is 108 Å². The number of anilines is 1. The number of hydrogen-bond donors (Lipinski definition) is 2. The van der Waals surface area contributed by atoms with E-state index in [-0.39, 0.29) is 23.3 Å². The van der Waals surface area contributed by atoms with Crippen molar-refractivity contribution in [2.45, 2.75) is 107 Å². The summed E-state index contributed by atoms with van der Waals surface area (Å²) in [6.07, 6.45) is 4.83. The first-order valence-corrected chi connectivity index (χ1v) is 16.0. The Morgan fingerprint density at radius 3 is 2.86 bits per heavy atom. The van der Waals surface area contributed by atoms with E-state index in [0.29, 0.717) is 55.8 Å². The molecular formula is C33H45FN6O3. The van der Waals surface area contributed by atoms with Crippen LogP contribution >= 0.6 is 0 Å². The number of methoxy groups -OCH3 is 1. The lowest BCUT2D eigenvalue weighted by Gasteiger charge is -2.54. The molecule has 43 heavy (non-hydrogen) atoms. The molecule has 1 aromatic rings. The summed E-state index contributed by atoms with van der Waals surface area (Å²) in [5.74, 6) is 0.317. The van der Waals surface area contributed by atoms with Crippen molar-refractivity contribution in [2.75, 3.05) is 45.7 Å². The summed E-state index contributed by atoms with van der Waals surface area (Å²) in [6.45, 7) is 9.59. The van der Waals surface area contributed by atoms with Crippen LogP contribution < -0.4 is 11.1 Å². The fourth-order valence-electron chi connectivity index (χ4n) is 8.75. The summed E-state index contributed by atoms with van der Waals surface area (Å²) in [5, 5.41) is 13.8. The van der Waals surface area contributed by atoms with Crippen LogP contribution in [-0.2, 0) is 19.8 Å². The zero-order chi connectivity index (χ0) is 30.1. The maximum absolute atomic E-state index is 14.5. The molecule has 232 valence electrons. The molecule has 7 rings (SSSR count). The standard InChI is InChI=1S/C33H45FN6O3/c1-20-8-11-33(28-22(20)6-7-25(36)23(28)16-35)15-26-24(18-43-33)29(40-13-9-27(40)31(2,3)41-4)38-30(37-26)42-19-32-10-5-12-39(32)17-21(34)14-32/h6-7,20-21,27,29H,5,8-15,17-19,36H2,1-4H3,(H,37,38). The Morgan fingerprint density at radius 2 is 2.12 bits per heavy atom. The van der Waals surface area contributed by atoms with Crippen molar-refractivity contribution in [3.05, 3.63) is 40.1 Å². The number of aliphatic imine (C=N–C) groups is 1. The highest BCUT2D eigenvalue weighted by atomic mass is 19.1. The van der Waals surface area contributed by atoms with E-state index in [9.17, 15) is 9.65 Å². The van der Waals surface area contributed by atoms with Crippen molar-refractivity contribution in [1.29, 1.82) is 5.26 Å². The monoisotopic (exact) mass is 592 g/mol. The molecule has 6 unspecified atom stereocenters. The van der Waals surface area contributed by atoms with E-state index >= 15 is 0 Å². The second-order valence-electron chi connectivity index (χ2n) is 14.2. The van der Waals surface area contributed by atoms with E-state index in [1.54, 1.807) is 7.11 Å². The predicted molar refractivity (Wildman–Crippen MR) is 162 cm³/mol. The normalized spacial score (nSPS) is 35.9. The molecule has 10 heteroatoms. The summed E-state index contributed by atoms with van der Waals surface area (Å²) in [5.41, 5.74) is 10.3. The number of amidine groups is 1. The molecule has 1 aliphatic carbocycles. The third kappa shape index (κ3) is 4.57. The van der Waals surface area contributed by atoms with Crippen LogP contribution in [-0.4, -0.2) is 85.3 Å². The minimum Gasteiger partial charge on any atom is -0.463 e. The van der Waals surface area contributed by atoms with Gasteiger partial charge in [-0.1, -0.05) is 13.0 Å². The highest BCUT2D eigenvalue weighted by molar-refractivity contribution is 5.78. The minimum absolute atomic E-state index is 0.197. The number of likely N-dealkylation sites (tertiary alicyclic amines) is 1. The number of fused-ring (bicyclic) bond motifs is 3. The Morgan fingerprint density at radius 1 is 1.28 bits per heavy atom. The number of nitrogens with two attached hydrogens (primary N) is 1. The van der Waals surface area contributed by atoms with Crippen LogP contribution in [0.2, 0.25) is 0 Å². The maximum Gasteiger partial charge on any atom is 0.290 e. The van der Waals surface area contributed by atoms with Crippen molar-refractivity contribution < 1.29 is 18.6 Å². The average Bonchev–Trinajstić information content (AvgIpc) is 3.48. The lowest BCUT2D eigenvalue weighted by molar-refractivity contribution is -0.112. The van der Waals surface area contributed by atoms with E-state index in [1.807, 2.05) is 6.07 Å². The number of nitrogens with zero attached hydrogens (tertiary/aromatic N) is 4. The average molecular weight is 593 g/mol. The van der Waals surface area contributed by atoms with Crippen LogP contribution in [0.1, 0.15) is 88.3 Å². The van der Waals surface area contributed by atoms with Crippen LogP contribution in [0.5, 0.6) is 0 Å². The van der Waals surface area contributed by atoms with E-state index < -0.39 is 11.8 Å². The first kappa shape index (κ1) is 29.0. The van der Waals surface area contributed by atoms with Crippen LogP contribution in [0.25, 0.3) is 0 Å². The van der Waals surface area contributed by atoms with Crippen molar-refractivity contribution in [1.82, 2.24) is 15.1 Å². The van der Waals surface area contributed by atoms with Gasteiger partial charge in [0.15, 0.2) is 0 Å². The van der Waals surface area contributed by atoms with Crippen LogP contribution in [0, 0.1) is 11.3 Å². The fourth-order valence-corrected chi connectivity index (χ4v) is 8.75. The van der Waals surface area contributed by atoms with Gasteiger partial charge >= 0.3 is 0 Å². The number of rotatable bonds is 5. The lowest BCUT2D eigenvalue weighted by Crippen LogP contribution is -2.64. The number of alkyl halides is 1. The third-order valence-electron chi connectivity index (χ3n) is 11.5. The molecule has 3 fully saturated rings. The zero-order valence-corrected chi connectivity index (χ0v) is 25.9. The molecule has 6 atom stereocenters. The summed E-state index contributed by atoms with van der Waals surface area (Å²) in [6, 6.07) is 7.01. The Kier molecular flexibility index (Phi) is 7.05. The summed E-state index contributed by atoms with van der Waals surface area (Å²) in [4.78, 5) is 9.81. The number of halogens is 1. The smallest absolute Gasteiger partial charge is 0.290 e. The zero-order valence-electron chi connectivity index (χ0n) is 25.9. The molecule has 3 saturated heterocycles. The van der Waals surface area contributed by atoms with Gasteiger partial charge in [-0.05, 0) is 70.0 Å². The molecular weight excluding hydrogens is 547 g/mol. The summed E-state index contributed by atoms with van der Waals surface area (Å²) in [7, 11) is 1.77. The molecule has 5 heterocycles. The molecule has 9 nitrogen and oxygen atoms in total. The van der Waals surface area contributed by atoms with Crippen molar-refractivity contribution in [2.24, 2.45) is 4.99 Å². The third-order valence-corrected chi connectivity index (χ3v) is 11.5. The molecule has 0 bridgehead atoms. The van der Waals surface area contributed by atoms with Gasteiger partial charge in [0, 0.05) is 61.6 Å². The van der Waals surface area contributed by atoms with Gasteiger partial charge in [0.2, 0.25) is 0 Å². The first-order valence-electron chi connectivity index (χ1n) is 16.0. The SMILES string of the molecule is COC(C)(C)C1CCN1C1N=C(OCC23CCCN2CC(F)C3)NC2=C1COC1(CCC(C)c3ccc(N)c(C#N)c31)C2. The molecule has 0 amide bonds. The van der Waals surface area contributed by atoms with Gasteiger partial charge in [-0.25, -0.2) is 9.38 Å². The van der Waals surface area contributed by atoms with Crippen molar-refractivity contribution in [3.8, 4) is 6.07 Å². The molecule has 0 aromatic heterocycles. The Labute approximate surface area is 254 Å². The van der Waals surface area contributed by atoms with E-state index in [4.69, 9.17) is 24.9 Å². The number of nitriles is 1. The highest BCUT2D eigenvalue weighted by Crippen LogP contribution is 2.52. The van der Waals surface area contributed by atoms with Gasteiger partial charge in [-0.15, -0.1) is 0 Å². The predicted octanol–water partition coefficient (Wildman–Crippen LogP) is 4.29. The largest absolute Gasteiger partial charge is 0.463 e. The van der Waals surface area contributed by atoms with Gasteiger partial charge in [0.25, 0.3) is 6.02 Å². The lowest BCUT2D eigenvalue weighted by atomic mass is 9.69. The highest BCUT2D eigenvalue weighted by Gasteiger charge is 2.52. The molecule has 0 saturated carbocycles. The van der Waals surface area contributed by atoms with Crippen LogP contribution in [0.15, 0.2) is 28.4 Å². The number of ether oxygens (including phenoxy) is 3. The summed E-state index contributed by atoms with van der Waals surface area (Å²) < 4.78 is 33.8. The van der Waals surface area contributed by atoms with Crippen LogP contribution in [0.4, 0.5) is 10.1 Å². The Bertz CT molecular complexity index is 1410. The van der Waals surface area contributed by atoms with E-state index in [2.05, 4.69) is 48.0 Å². The van der Waals surface area contributed by atoms with Gasteiger partial charge < -0.3 is 25.3 Å². The first-order chi connectivity index (χ1) is 20.6. The quantitative estimate of drug-likeness (QED) is 0.488. The molecule has 1 aromatic carbocycles. The fraction of sp³-hybridized carbons (Fsp3) is 0.697. The molecule has 6 aliphatic rings. The van der Waals surface area contributed by atoms with E-state index in [1.165, 1.54) is 0 Å². The second-order valence-corrected chi connectivity index (χ2v) is 14.2. The Balaban J connectivity index is 1.23. The Hall–Kier alpha value is -2.71. The molecule has 0 radical (unpaired) electrons.